The van der Waals surface area contributed by atoms with Gasteiger partial charge in [0.05, 0.1) is 16.6 Å². The minimum Gasteiger partial charge on any atom is -0.449 e. The van der Waals surface area contributed by atoms with Crippen LogP contribution in [0.2, 0.25) is 0 Å². The fourth-order valence-electron chi connectivity index (χ4n) is 3.38. The van der Waals surface area contributed by atoms with Crippen LogP contribution in [0.4, 0.5) is 0 Å². The number of ether oxygens (including phenoxy) is 1. The lowest BCUT2D eigenvalue weighted by atomic mass is 10.1. The van der Waals surface area contributed by atoms with Gasteiger partial charge in [-0.25, -0.2) is 9.78 Å². The highest BCUT2D eigenvalue weighted by atomic mass is 16.5. The molecule has 150 valence electrons. The van der Waals surface area contributed by atoms with Gasteiger partial charge in [-0.2, -0.15) is 0 Å². The Hall–Kier alpha value is -3.22. The van der Waals surface area contributed by atoms with Crippen molar-refractivity contribution >= 4 is 23.0 Å². The summed E-state index contributed by atoms with van der Waals surface area (Å²) in [4.78, 5) is 31.6. The molecule has 2 aromatic heterocycles. The number of nitrogens with zero attached hydrogens (tertiary/aromatic N) is 3. The molecule has 0 spiro atoms. The molecule has 1 aromatic carbocycles. The molecule has 1 atom stereocenters. The van der Waals surface area contributed by atoms with E-state index in [0.29, 0.717) is 34.8 Å². The SMILES string of the molecule is Cc1noc2nc(C3CC3)cc(C(=O)O[C@H](C)C(=O)N(C)Cc3ccccc3)c12. The maximum Gasteiger partial charge on any atom is 0.339 e. The highest BCUT2D eigenvalue weighted by Gasteiger charge is 2.30. The first-order valence-electron chi connectivity index (χ1n) is 9.71. The summed E-state index contributed by atoms with van der Waals surface area (Å²) < 4.78 is 10.8. The monoisotopic (exact) mass is 393 g/mol. The van der Waals surface area contributed by atoms with Crippen LogP contribution < -0.4 is 0 Å². The fourth-order valence-corrected chi connectivity index (χ4v) is 3.38. The molecule has 0 aliphatic heterocycles. The van der Waals surface area contributed by atoms with Crippen LogP contribution in [0.3, 0.4) is 0 Å². The second kappa shape index (κ2) is 7.66. The van der Waals surface area contributed by atoms with E-state index in [4.69, 9.17) is 9.26 Å². The Morgan fingerprint density at radius 3 is 2.69 bits per heavy atom. The topological polar surface area (TPSA) is 85.5 Å². The van der Waals surface area contributed by atoms with Crippen LogP contribution in [-0.4, -0.2) is 40.1 Å². The molecular formula is C22H23N3O4. The highest BCUT2D eigenvalue weighted by molar-refractivity contribution is 6.04. The molecule has 0 saturated heterocycles. The number of fused-ring (bicyclic) bond motifs is 1. The van der Waals surface area contributed by atoms with Crippen LogP contribution in [0.15, 0.2) is 40.9 Å². The van der Waals surface area contributed by atoms with E-state index in [9.17, 15) is 9.59 Å². The summed E-state index contributed by atoms with van der Waals surface area (Å²) in [6.45, 7) is 3.78. The lowest BCUT2D eigenvalue weighted by molar-refractivity contribution is -0.139. The number of likely N-dealkylation sites (N-methyl/N-ethyl adjacent to an activating group) is 1. The zero-order chi connectivity index (χ0) is 20.5. The van der Waals surface area contributed by atoms with Crippen LogP contribution in [-0.2, 0) is 16.1 Å². The van der Waals surface area contributed by atoms with Crippen molar-refractivity contribution in [3.8, 4) is 0 Å². The number of amides is 1. The Kier molecular flexibility index (Phi) is 5.05. The molecule has 1 aliphatic carbocycles. The largest absolute Gasteiger partial charge is 0.449 e. The average molecular weight is 393 g/mol. The van der Waals surface area contributed by atoms with Gasteiger partial charge in [0.25, 0.3) is 11.6 Å². The molecule has 1 amide bonds. The van der Waals surface area contributed by atoms with Crippen molar-refractivity contribution in [3.05, 3.63) is 58.9 Å². The maximum atomic E-state index is 12.9. The van der Waals surface area contributed by atoms with Crippen LogP contribution in [0, 0.1) is 6.92 Å². The van der Waals surface area contributed by atoms with Crippen molar-refractivity contribution in [1.29, 1.82) is 0 Å². The van der Waals surface area contributed by atoms with Crippen LogP contribution in [0.1, 0.15) is 53.0 Å². The maximum absolute atomic E-state index is 12.9. The Balaban J connectivity index is 1.51. The molecule has 2 heterocycles. The number of benzene rings is 1. The summed E-state index contributed by atoms with van der Waals surface area (Å²) in [5.41, 5.74) is 3.06. The van der Waals surface area contributed by atoms with Gasteiger partial charge >= 0.3 is 5.97 Å². The molecule has 1 fully saturated rings. The standard InChI is InChI=1S/C22H23N3O4/c1-13-19-17(11-18(16-9-10-16)23-20(19)29-24-13)22(27)28-14(2)21(26)25(3)12-15-7-5-4-6-8-15/h4-8,11,14,16H,9-10,12H2,1-3H3/t14-/m1/s1. The number of aryl methyl sites for hydroxylation is 1. The van der Waals surface area contributed by atoms with Crippen LogP contribution in [0.25, 0.3) is 11.1 Å². The summed E-state index contributed by atoms with van der Waals surface area (Å²) in [6.07, 6.45) is 1.17. The molecule has 1 saturated carbocycles. The first kappa shape index (κ1) is 19.1. The zero-order valence-corrected chi connectivity index (χ0v) is 16.7. The van der Waals surface area contributed by atoms with Gasteiger partial charge in [0.1, 0.15) is 0 Å². The van der Waals surface area contributed by atoms with Gasteiger partial charge in [0.15, 0.2) is 6.10 Å². The molecule has 0 radical (unpaired) electrons. The van der Waals surface area contributed by atoms with Crippen molar-refractivity contribution < 1.29 is 18.8 Å². The number of esters is 1. The first-order valence-corrected chi connectivity index (χ1v) is 9.71. The smallest absolute Gasteiger partial charge is 0.339 e. The second-order valence-corrected chi connectivity index (χ2v) is 7.54. The molecule has 29 heavy (non-hydrogen) atoms. The Morgan fingerprint density at radius 1 is 1.28 bits per heavy atom. The van der Waals surface area contributed by atoms with Gasteiger partial charge < -0.3 is 14.2 Å². The van der Waals surface area contributed by atoms with E-state index < -0.39 is 12.1 Å². The van der Waals surface area contributed by atoms with E-state index in [1.165, 1.54) is 0 Å². The van der Waals surface area contributed by atoms with Gasteiger partial charge in [-0.1, -0.05) is 35.5 Å². The summed E-state index contributed by atoms with van der Waals surface area (Å²) in [5, 5.41) is 4.47. The van der Waals surface area contributed by atoms with Gasteiger partial charge in [-0.3, -0.25) is 4.79 Å². The van der Waals surface area contributed by atoms with Crippen molar-refractivity contribution in [2.75, 3.05) is 7.05 Å². The number of aromatic nitrogens is 2. The predicted molar refractivity (Wildman–Crippen MR) is 106 cm³/mol. The molecule has 0 unspecified atom stereocenters. The molecular weight excluding hydrogens is 370 g/mol. The molecule has 7 heteroatoms. The fraction of sp³-hybridized carbons (Fsp3) is 0.364. The van der Waals surface area contributed by atoms with Gasteiger partial charge in [0, 0.05) is 25.2 Å². The summed E-state index contributed by atoms with van der Waals surface area (Å²) in [6, 6.07) is 11.4. The van der Waals surface area contributed by atoms with Crippen LogP contribution in [0.5, 0.6) is 0 Å². The first-order chi connectivity index (χ1) is 13.9. The quantitative estimate of drug-likeness (QED) is 0.595. The second-order valence-electron chi connectivity index (χ2n) is 7.54. The number of hydrogen-bond donors (Lipinski definition) is 0. The molecule has 0 N–H and O–H groups in total. The van der Waals surface area contributed by atoms with E-state index >= 15 is 0 Å². The van der Waals surface area contributed by atoms with Crippen molar-refractivity contribution in [1.82, 2.24) is 15.0 Å². The third-order valence-electron chi connectivity index (χ3n) is 5.12. The summed E-state index contributed by atoms with van der Waals surface area (Å²) >= 11 is 0. The van der Waals surface area contributed by atoms with E-state index in [0.717, 1.165) is 24.1 Å². The molecule has 3 aromatic rings. The number of pyridine rings is 1. The number of carbonyl (C=O) groups excluding carboxylic acids is 2. The molecule has 4 rings (SSSR count). The lowest BCUT2D eigenvalue weighted by Crippen LogP contribution is -2.37. The Labute approximate surface area is 168 Å². The van der Waals surface area contributed by atoms with E-state index in [1.807, 2.05) is 30.3 Å². The zero-order valence-electron chi connectivity index (χ0n) is 16.7. The normalized spacial score (nSPS) is 14.6. The average Bonchev–Trinajstić information content (AvgIpc) is 3.50. The molecule has 0 bridgehead atoms. The number of rotatable bonds is 6. The summed E-state index contributed by atoms with van der Waals surface area (Å²) in [5.74, 6) is -0.496. The molecule has 1 aliphatic rings. The Morgan fingerprint density at radius 2 is 2.00 bits per heavy atom. The molecule has 7 nitrogen and oxygen atoms in total. The van der Waals surface area contributed by atoms with Crippen molar-refractivity contribution in [2.45, 2.75) is 45.3 Å². The minimum absolute atomic E-state index is 0.267. The van der Waals surface area contributed by atoms with Crippen LogP contribution >= 0.6 is 0 Å². The third kappa shape index (κ3) is 3.99. The predicted octanol–water partition coefficient (Wildman–Crippen LogP) is 3.61. The Bertz CT molecular complexity index is 1060. The van der Waals surface area contributed by atoms with Gasteiger partial charge in [-0.15, -0.1) is 0 Å². The van der Waals surface area contributed by atoms with E-state index in [-0.39, 0.29) is 5.91 Å². The minimum atomic E-state index is -0.913. The van der Waals surface area contributed by atoms with Gasteiger partial charge in [-0.05, 0) is 38.3 Å². The number of hydrogen-bond acceptors (Lipinski definition) is 6. The summed E-state index contributed by atoms with van der Waals surface area (Å²) in [7, 11) is 1.69. The van der Waals surface area contributed by atoms with Crippen molar-refractivity contribution in [2.24, 2.45) is 0 Å². The highest BCUT2D eigenvalue weighted by Crippen LogP contribution is 2.40. The van der Waals surface area contributed by atoms with E-state index in [2.05, 4.69) is 10.1 Å². The number of carbonyl (C=O) groups is 2. The lowest BCUT2D eigenvalue weighted by Gasteiger charge is -2.21. The van der Waals surface area contributed by atoms with Gasteiger partial charge in [0.2, 0.25) is 0 Å². The van der Waals surface area contributed by atoms with Crippen molar-refractivity contribution in [3.63, 3.8) is 0 Å². The third-order valence-corrected chi connectivity index (χ3v) is 5.12. The van der Waals surface area contributed by atoms with E-state index in [1.54, 1.807) is 31.9 Å².